The number of pyridine rings is 1. The predicted molar refractivity (Wildman–Crippen MR) is 63.7 cm³/mol. The van der Waals surface area contributed by atoms with Crippen LogP contribution in [-0.4, -0.2) is 30.0 Å². The fourth-order valence-corrected chi connectivity index (χ4v) is 1.45. The van der Waals surface area contributed by atoms with E-state index in [2.05, 4.69) is 15.0 Å². The number of rotatable bonds is 6. The maximum absolute atomic E-state index is 12.3. The second-order valence-corrected chi connectivity index (χ2v) is 4.22. The van der Waals surface area contributed by atoms with Crippen molar-refractivity contribution in [1.29, 1.82) is 0 Å². The monoisotopic (exact) mass is 316 g/mol. The van der Waals surface area contributed by atoms with E-state index in [0.717, 1.165) is 6.42 Å². The molecule has 0 fully saturated rings. The summed E-state index contributed by atoms with van der Waals surface area (Å²) in [7, 11) is 0. The predicted octanol–water partition coefficient (Wildman–Crippen LogP) is 3.91. The Kier molecular flexibility index (Phi) is 5.82. The van der Waals surface area contributed by atoms with Crippen LogP contribution in [-0.2, 0) is 11.3 Å². The third-order valence-electron chi connectivity index (χ3n) is 2.36. The molecule has 120 valence electrons. The first kappa shape index (κ1) is 17.5. The number of hydrogen-bond acceptors (Lipinski definition) is 3. The van der Waals surface area contributed by atoms with Crippen LogP contribution in [0.25, 0.3) is 0 Å². The number of anilines is 1. The van der Waals surface area contributed by atoms with Crippen LogP contribution in [0.2, 0.25) is 0 Å². The van der Waals surface area contributed by atoms with Crippen LogP contribution in [0.5, 0.6) is 0 Å². The van der Waals surface area contributed by atoms with Gasteiger partial charge < -0.3 is 10.1 Å². The fourth-order valence-electron chi connectivity index (χ4n) is 1.45. The van der Waals surface area contributed by atoms with Gasteiger partial charge in [-0.05, 0) is 18.6 Å². The Morgan fingerprint density at radius 1 is 1.14 bits per heavy atom. The molecule has 0 aliphatic heterocycles. The van der Waals surface area contributed by atoms with Gasteiger partial charge in [-0.3, -0.25) is 0 Å². The van der Waals surface area contributed by atoms with Crippen LogP contribution in [0.3, 0.4) is 0 Å². The number of hydrogen-bond donors (Lipinski definition) is 1. The maximum atomic E-state index is 12.3. The summed E-state index contributed by atoms with van der Waals surface area (Å²) in [5.74, 6) is 0.369. The molecule has 0 saturated heterocycles. The molecule has 1 aromatic rings. The van der Waals surface area contributed by atoms with Gasteiger partial charge in [-0.1, -0.05) is 13.0 Å². The molecular formula is C12H14F6N2O. The van der Waals surface area contributed by atoms with Gasteiger partial charge in [0, 0.05) is 6.54 Å². The molecule has 21 heavy (non-hydrogen) atoms. The summed E-state index contributed by atoms with van der Waals surface area (Å²) < 4.78 is 77.7. The molecule has 9 heteroatoms. The molecule has 0 radical (unpaired) electrons. The highest BCUT2D eigenvalue weighted by molar-refractivity contribution is 5.34. The van der Waals surface area contributed by atoms with Crippen molar-refractivity contribution in [2.45, 2.75) is 38.4 Å². The lowest BCUT2D eigenvalue weighted by Crippen LogP contribution is -2.44. The molecule has 1 aromatic heterocycles. The molecule has 0 unspecified atom stereocenters. The van der Waals surface area contributed by atoms with E-state index in [0.29, 0.717) is 12.4 Å². The minimum absolute atomic E-state index is 0.0189. The molecule has 0 saturated carbocycles. The SMILES string of the molecule is CCCNc1cccc(COC(C(F)(F)F)C(F)(F)F)n1. The number of ether oxygens (including phenoxy) is 1. The first-order valence-electron chi connectivity index (χ1n) is 6.09. The molecule has 0 aliphatic carbocycles. The van der Waals surface area contributed by atoms with Crippen molar-refractivity contribution in [1.82, 2.24) is 4.98 Å². The Labute approximate surface area is 117 Å². The Balaban J connectivity index is 2.72. The zero-order chi connectivity index (χ0) is 16.1. The first-order valence-corrected chi connectivity index (χ1v) is 6.09. The number of nitrogens with zero attached hydrogens (tertiary/aromatic N) is 1. The summed E-state index contributed by atoms with van der Waals surface area (Å²) in [6.45, 7) is 1.60. The highest BCUT2D eigenvalue weighted by Crippen LogP contribution is 2.36. The van der Waals surface area contributed by atoms with Gasteiger partial charge in [0.1, 0.15) is 5.82 Å². The third-order valence-corrected chi connectivity index (χ3v) is 2.36. The highest BCUT2D eigenvalue weighted by atomic mass is 19.4. The maximum Gasteiger partial charge on any atom is 0.423 e. The Morgan fingerprint density at radius 3 is 2.29 bits per heavy atom. The van der Waals surface area contributed by atoms with E-state index in [1.54, 1.807) is 6.07 Å². The molecule has 0 atom stereocenters. The van der Waals surface area contributed by atoms with Gasteiger partial charge in [0.25, 0.3) is 0 Å². The molecule has 3 nitrogen and oxygen atoms in total. The van der Waals surface area contributed by atoms with E-state index in [4.69, 9.17) is 0 Å². The van der Waals surface area contributed by atoms with Crippen LogP contribution in [0.4, 0.5) is 32.2 Å². The molecule has 0 aliphatic rings. The normalized spacial score (nSPS) is 12.8. The number of halogens is 6. The molecule has 0 spiro atoms. The van der Waals surface area contributed by atoms with Gasteiger partial charge in [-0.25, -0.2) is 4.98 Å². The lowest BCUT2D eigenvalue weighted by atomic mass is 10.3. The second kappa shape index (κ2) is 6.97. The van der Waals surface area contributed by atoms with E-state index < -0.39 is 25.1 Å². The van der Waals surface area contributed by atoms with Crippen LogP contribution < -0.4 is 5.32 Å². The van der Waals surface area contributed by atoms with Crippen molar-refractivity contribution < 1.29 is 31.1 Å². The van der Waals surface area contributed by atoms with E-state index in [-0.39, 0.29) is 5.69 Å². The van der Waals surface area contributed by atoms with Gasteiger partial charge in [0.15, 0.2) is 0 Å². The number of aromatic nitrogens is 1. The summed E-state index contributed by atoms with van der Waals surface area (Å²) in [5.41, 5.74) is -0.0189. The van der Waals surface area contributed by atoms with Gasteiger partial charge in [0.2, 0.25) is 6.10 Å². The van der Waals surface area contributed by atoms with Gasteiger partial charge in [-0.15, -0.1) is 0 Å². The highest BCUT2D eigenvalue weighted by Gasteiger charge is 2.57. The summed E-state index contributed by atoms with van der Waals surface area (Å²) in [5, 5.41) is 2.87. The van der Waals surface area contributed by atoms with Gasteiger partial charge in [-0.2, -0.15) is 26.3 Å². The fraction of sp³-hybridized carbons (Fsp3) is 0.583. The van der Waals surface area contributed by atoms with Gasteiger partial charge in [0.05, 0.1) is 12.3 Å². The lowest BCUT2D eigenvalue weighted by molar-refractivity contribution is -0.324. The number of alkyl halides is 6. The van der Waals surface area contributed by atoms with Crippen LogP contribution >= 0.6 is 0 Å². The van der Waals surface area contributed by atoms with E-state index in [1.165, 1.54) is 12.1 Å². The Bertz CT molecular complexity index is 432. The molecule has 0 aromatic carbocycles. The molecule has 0 bridgehead atoms. The molecule has 1 rings (SSSR count). The summed E-state index contributed by atoms with van der Waals surface area (Å²) >= 11 is 0. The van der Waals surface area contributed by atoms with Crippen molar-refractivity contribution in [2.24, 2.45) is 0 Å². The van der Waals surface area contributed by atoms with Crippen molar-refractivity contribution in [3.8, 4) is 0 Å². The Hall–Kier alpha value is -1.51. The third kappa shape index (κ3) is 5.78. The molecule has 1 heterocycles. The van der Waals surface area contributed by atoms with Crippen LogP contribution in [0.1, 0.15) is 19.0 Å². The smallest absolute Gasteiger partial charge is 0.370 e. The summed E-state index contributed by atoms with van der Waals surface area (Å²) in [6, 6.07) is 4.32. The zero-order valence-electron chi connectivity index (χ0n) is 11.1. The average molecular weight is 316 g/mol. The zero-order valence-corrected chi connectivity index (χ0v) is 11.1. The minimum Gasteiger partial charge on any atom is -0.370 e. The minimum atomic E-state index is -5.52. The van der Waals surface area contributed by atoms with Crippen molar-refractivity contribution in [3.05, 3.63) is 23.9 Å². The average Bonchev–Trinajstić information content (AvgIpc) is 2.33. The largest absolute Gasteiger partial charge is 0.423 e. The van der Waals surface area contributed by atoms with Crippen molar-refractivity contribution in [3.63, 3.8) is 0 Å². The standard InChI is InChI=1S/C12H14F6N2O/c1-2-6-19-9-5-3-4-8(20-9)7-21-10(11(13,14)15)12(16,17)18/h3-5,10H,2,6-7H2,1H3,(H,19,20). The van der Waals surface area contributed by atoms with E-state index >= 15 is 0 Å². The molecule has 0 amide bonds. The molecular weight excluding hydrogens is 302 g/mol. The van der Waals surface area contributed by atoms with Crippen LogP contribution in [0, 0.1) is 0 Å². The Morgan fingerprint density at radius 2 is 1.76 bits per heavy atom. The van der Waals surface area contributed by atoms with E-state index in [1.807, 2.05) is 6.92 Å². The van der Waals surface area contributed by atoms with Crippen molar-refractivity contribution in [2.75, 3.05) is 11.9 Å². The van der Waals surface area contributed by atoms with E-state index in [9.17, 15) is 26.3 Å². The lowest BCUT2D eigenvalue weighted by Gasteiger charge is -2.22. The van der Waals surface area contributed by atoms with Gasteiger partial charge >= 0.3 is 12.4 Å². The second-order valence-electron chi connectivity index (χ2n) is 4.22. The first-order chi connectivity index (χ1) is 9.64. The van der Waals surface area contributed by atoms with Crippen LogP contribution in [0.15, 0.2) is 18.2 Å². The molecule has 1 N–H and O–H groups in total. The number of nitrogens with one attached hydrogen (secondary N) is 1. The van der Waals surface area contributed by atoms with Crippen molar-refractivity contribution >= 4 is 5.82 Å². The quantitative estimate of drug-likeness (QED) is 0.808. The summed E-state index contributed by atoms with van der Waals surface area (Å²) in [4.78, 5) is 3.88. The summed E-state index contributed by atoms with van der Waals surface area (Å²) in [6.07, 6.45) is -14.1. The topological polar surface area (TPSA) is 34.1 Å².